The molecule has 2 heterocycles. The summed E-state index contributed by atoms with van der Waals surface area (Å²) >= 11 is 0. The molecule has 2 aliphatic rings. The van der Waals surface area contributed by atoms with Crippen LogP contribution in [0, 0.1) is 6.92 Å². The van der Waals surface area contributed by atoms with Crippen molar-refractivity contribution in [3.63, 3.8) is 0 Å². The standard InChI is InChI=1S/C22H21N3O4/c1-13-23-21(29-24-13)20-10-14(26)11-25(20)22(27)28-12-19-17-8-4-2-6-15(17)16-7-3-5-9-18(16)19/h2-9,14,19-20,26H,10-12H2,1H3/t14-,20+/m0/s1. The van der Waals surface area contributed by atoms with E-state index in [0.717, 1.165) is 11.1 Å². The van der Waals surface area contributed by atoms with Gasteiger partial charge in [-0.15, -0.1) is 0 Å². The first-order chi connectivity index (χ1) is 14.1. The highest BCUT2D eigenvalue weighted by Gasteiger charge is 2.40. The molecule has 7 nitrogen and oxygen atoms in total. The van der Waals surface area contributed by atoms with E-state index in [1.54, 1.807) is 6.92 Å². The van der Waals surface area contributed by atoms with E-state index in [1.165, 1.54) is 16.0 Å². The minimum absolute atomic E-state index is 0.0111. The number of aliphatic hydroxyl groups excluding tert-OH is 1. The predicted octanol–water partition coefficient (Wildman–Crippen LogP) is 3.43. The molecule has 3 aromatic rings. The second-order valence-corrected chi connectivity index (χ2v) is 7.54. The number of amides is 1. The van der Waals surface area contributed by atoms with E-state index in [4.69, 9.17) is 9.26 Å². The molecule has 1 N–H and O–H groups in total. The van der Waals surface area contributed by atoms with Crippen molar-refractivity contribution in [3.8, 4) is 11.1 Å². The number of benzene rings is 2. The summed E-state index contributed by atoms with van der Waals surface area (Å²) in [5, 5.41) is 13.9. The van der Waals surface area contributed by atoms with Crippen LogP contribution in [0.25, 0.3) is 11.1 Å². The summed E-state index contributed by atoms with van der Waals surface area (Å²) in [5.41, 5.74) is 4.68. The van der Waals surface area contributed by atoms with Gasteiger partial charge < -0.3 is 14.4 Å². The van der Waals surface area contributed by atoms with Crippen LogP contribution in [0.3, 0.4) is 0 Å². The molecule has 0 bridgehead atoms. The SMILES string of the molecule is Cc1noc([C@H]2C[C@H](O)CN2C(=O)OCC2c3ccccc3-c3ccccc32)n1. The number of hydrogen-bond donors (Lipinski definition) is 1. The number of fused-ring (bicyclic) bond motifs is 3. The molecule has 1 aromatic heterocycles. The van der Waals surface area contributed by atoms with Crippen molar-refractivity contribution in [2.24, 2.45) is 0 Å². The number of carbonyl (C=O) groups is 1. The highest BCUT2D eigenvalue weighted by atomic mass is 16.6. The van der Waals surface area contributed by atoms with E-state index in [2.05, 4.69) is 34.4 Å². The number of aromatic nitrogens is 2. The Hall–Kier alpha value is -3.19. The van der Waals surface area contributed by atoms with E-state index in [9.17, 15) is 9.90 Å². The smallest absolute Gasteiger partial charge is 0.410 e. The number of hydrogen-bond acceptors (Lipinski definition) is 6. The third-order valence-electron chi connectivity index (χ3n) is 5.68. The van der Waals surface area contributed by atoms with Gasteiger partial charge in [-0.1, -0.05) is 53.7 Å². The molecule has 29 heavy (non-hydrogen) atoms. The summed E-state index contributed by atoms with van der Waals surface area (Å²) in [5.74, 6) is 0.810. The summed E-state index contributed by atoms with van der Waals surface area (Å²) in [7, 11) is 0. The molecule has 0 spiro atoms. The van der Waals surface area contributed by atoms with Crippen molar-refractivity contribution >= 4 is 6.09 Å². The molecule has 2 aromatic carbocycles. The quantitative estimate of drug-likeness (QED) is 0.736. The molecule has 0 saturated carbocycles. The van der Waals surface area contributed by atoms with Crippen LogP contribution in [0.4, 0.5) is 4.79 Å². The van der Waals surface area contributed by atoms with Gasteiger partial charge in [-0.2, -0.15) is 4.98 Å². The first-order valence-electron chi connectivity index (χ1n) is 9.71. The summed E-state index contributed by atoms with van der Waals surface area (Å²) in [6.07, 6.45) is -0.775. The Bertz CT molecular complexity index is 1020. The fraction of sp³-hybridized carbons (Fsp3) is 0.318. The third-order valence-corrected chi connectivity index (χ3v) is 5.68. The minimum atomic E-state index is -0.646. The Morgan fingerprint density at radius 2 is 1.83 bits per heavy atom. The average molecular weight is 391 g/mol. The van der Waals surface area contributed by atoms with Gasteiger partial charge in [-0.25, -0.2) is 4.79 Å². The molecule has 1 amide bonds. The average Bonchev–Trinajstić information content (AvgIpc) is 3.42. The van der Waals surface area contributed by atoms with Gasteiger partial charge in [0, 0.05) is 12.3 Å². The monoisotopic (exact) mass is 391 g/mol. The Labute approximate surface area is 167 Å². The molecule has 1 aliphatic heterocycles. The first kappa shape index (κ1) is 17.9. The number of aliphatic hydroxyl groups is 1. The summed E-state index contributed by atoms with van der Waals surface area (Å²) in [4.78, 5) is 18.6. The van der Waals surface area contributed by atoms with Crippen LogP contribution in [-0.4, -0.2) is 45.5 Å². The minimum Gasteiger partial charge on any atom is -0.448 e. The second-order valence-electron chi connectivity index (χ2n) is 7.54. The number of nitrogens with zero attached hydrogens (tertiary/aromatic N) is 3. The van der Waals surface area contributed by atoms with Gasteiger partial charge >= 0.3 is 6.09 Å². The number of ether oxygens (including phenoxy) is 1. The van der Waals surface area contributed by atoms with Crippen molar-refractivity contribution in [1.82, 2.24) is 15.0 Å². The molecule has 1 saturated heterocycles. The lowest BCUT2D eigenvalue weighted by atomic mass is 9.98. The fourth-order valence-electron chi connectivity index (χ4n) is 4.38. The predicted molar refractivity (Wildman–Crippen MR) is 104 cm³/mol. The van der Waals surface area contributed by atoms with Crippen molar-refractivity contribution in [1.29, 1.82) is 0 Å². The van der Waals surface area contributed by atoms with Crippen molar-refractivity contribution < 1.29 is 19.2 Å². The number of carbonyl (C=O) groups excluding carboxylic acids is 1. The van der Waals surface area contributed by atoms with Gasteiger partial charge in [0.2, 0.25) is 5.89 Å². The number of rotatable bonds is 3. The van der Waals surface area contributed by atoms with E-state index in [1.807, 2.05) is 24.3 Å². The maximum Gasteiger partial charge on any atom is 0.410 e. The molecule has 5 rings (SSSR count). The normalized spacial score (nSPS) is 20.6. The maximum absolute atomic E-state index is 12.9. The number of β-amino-alcohol motifs (C(OH)–C–C–N with tert-alkyl or cyclic N) is 1. The summed E-state index contributed by atoms with van der Waals surface area (Å²) in [6, 6.07) is 15.9. The van der Waals surface area contributed by atoms with Crippen LogP contribution in [0.5, 0.6) is 0 Å². The Morgan fingerprint density at radius 1 is 1.17 bits per heavy atom. The zero-order valence-electron chi connectivity index (χ0n) is 16.0. The van der Waals surface area contributed by atoms with E-state index in [0.29, 0.717) is 18.1 Å². The molecular weight excluding hydrogens is 370 g/mol. The van der Waals surface area contributed by atoms with E-state index in [-0.39, 0.29) is 19.1 Å². The van der Waals surface area contributed by atoms with Crippen molar-refractivity contribution in [3.05, 3.63) is 71.4 Å². The van der Waals surface area contributed by atoms with Gasteiger partial charge in [-0.3, -0.25) is 4.90 Å². The van der Waals surface area contributed by atoms with Crippen LogP contribution >= 0.6 is 0 Å². The summed E-state index contributed by atoms with van der Waals surface area (Å²) < 4.78 is 10.9. The number of aryl methyl sites for hydroxylation is 1. The molecule has 0 radical (unpaired) electrons. The Morgan fingerprint density at radius 3 is 2.45 bits per heavy atom. The number of likely N-dealkylation sites (tertiary alicyclic amines) is 1. The molecule has 0 unspecified atom stereocenters. The highest BCUT2D eigenvalue weighted by molar-refractivity contribution is 5.79. The lowest BCUT2D eigenvalue weighted by Crippen LogP contribution is -2.33. The van der Waals surface area contributed by atoms with Gasteiger partial charge in [0.1, 0.15) is 12.6 Å². The maximum atomic E-state index is 12.9. The van der Waals surface area contributed by atoms with E-state index < -0.39 is 18.2 Å². The lowest BCUT2D eigenvalue weighted by Gasteiger charge is -2.22. The third kappa shape index (κ3) is 3.07. The molecule has 1 aliphatic carbocycles. The highest BCUT2D eigenvalue weighted by Crippen LogP contribution is 2.44. The van der Waals surface area contributed by atoms with Gasteiger partial charge in [-0.05, 0) is 29.2 Å². The molecule has 1 fully saturated rings. The fourth-order valence-corrected chi connectivity index (χ4v) is 4.38. The lowest BCUT2D eigenvalue weighted by molar-refractivity contribution is 0.0864. The molecular formula is C22H21N3O4. The zero-order chi connectivity index (χ0) is 20.0. The van der Waals surface area contributed by atoms with Gasteiger partial charge in [0.25, 0.3) is 0 Å². The topological polar surface area (TPSA) is 88.7 Å². The van der Waals surface area contributed by atoms with Crippen LogP contribution in [-0.2, 0) is 4.74 Å². The molecule has 2 atom stereocenters. The van der Waals surface area contributed by atoms with Crippen molar-refractivity contribution in [2.75, 3.05) is 13.2 Å². The largest absolute Gasteiger partial charge is 0.448 e. The second kappa shape index (κ2) is 7.00. The van der Waals surface area contributed by atoms with Crippen LogP contribution < -0.4 is 0 Å². The summed E-state index contributed by atoms with van der Waals surface area (Å²) in [6.45, 7) is 2.13. The first-order valence-corrected chi connectivity index (χ1v) is 9.71. The van der Waals surface area contributed by atoms with Gasteiger partial charge in [0.15, 0.2) is 5.82 Å². The van der Waals surface area contributed by atoms with Crippen LogP contribution in [0.1, 0.15) is 41.2 Å². The van der Waals surface area contributed by atoms with Crippen LogP contribution in [0.2, 0.25) is 0 Å². The zero-order valence-corrected chi connectivity index (χ0v) is 16.0. The van der Waals surface area contributed by atoms with Crippen molar-refractivity contribution in [2.45, 2.75) is 31.4 Å². The molecule has 7 heteroatoms. The van der Waals surface area contributed by atoms with E-state index >= 15 is 0 Å². The Balaban J connectivity index is 1.35. The van der Waals surface area contributed by atoms with Gasteiger partial charge in [0.05, 0.1) is 12.6 Å². The van der Waals surface area contributed by atoms with Crippen LogP contribution in [0.15, 0.2) is 53.1 Å². The Kier molecular flexibility index (Phi) is 4.32. The molecule has 148 valence electrons.